The zero-order valence-corrected chi connectivity index (χ0v) is 11.9. The number of ether oxygens (including phenoxy) is 1. The summed E-state index contributed by atoms with van der Waals surface area (Å²) in [5, 5.41) is 6.82. The highest BCUT2D eigenvalue weighted by Crippen LogP contribution is 2.26. The molecule has 1 saturated heterocycles. The van der Waals surface area contributed by atoms with Crippen molar-refractivity contribution in [1.82, 2.24) is 10.3 Å². The van der Waals surface area contributed by atoms with Crippen molar-refractivity contribution >= 4 is 16.5 Å². The van der Waals surface area contributed by atoms with Gasteiger partial charge in [-0.3, -0.25) is 0 Å². The van der Waals surface area contributed by atoms with Gasteiger partial charge in [0.25, 0.3) is 0 Å². The first kappa shape index (κ1) is 12.4. The number of morpholine rings is 1. The summed E-state index contributed by atoms with van der Waals surface area (Å²) in [5.41, 5.74) is 1.11. The fraction of sp³-hybridized carbons (Fsp3) is 0.769. The molecular weight excluding hydrogens is 246 g/mol. The van der Waals surface area contributed by atoms with Gasteiger partial charge in [-0.25, -0.2) is 4.98 Å². The molecule has 0 bridgehead atoms. The number of anilines is 1. The summed E-state index contributed by atoms with van der Waals surface area (Å²) in [5.74, 6) is 0. The molecule has 18 heavy (non-hydrogen) atoms. The van der Waals surface area contributed by atoms with Gasteiger partial charge in [-0.1, -0.05) is 0 Å². The Labute approximate surface area is 112 Å². The molecule has 0 atom stereocenters. The molecule has 1 N–H and O–H groups in total. The third-order valence-corrected chi connectivity index (χ3v) is 4.34. The molecule has 1 aromatic heterocycles. The van der Waals surface area contributed by atoms with Crippen molar-refractivity contribution in [2.24, 2.45) is 0 Å². The summed E-state index contributed by atoms with van der Waals surface area (Å²) in [4.78, 5) is 7.07. The second-order valence-corrected chi connectivity index (χ2v) is 6.64. The van der Waals surface area contributed by atoms with Gasteiger partial charge >= 0.3 is 0 Å². The maximum absolute atomic E-state index is 5.73. The number of thiazole rings is 1. The molecule has 1 aliphatic carbocycles. The Balaban J connectivity index is 1.60. The molecule has 2 aliphatic rings. The van der Waals surface area contributed by atoms with E-state index in [0.29, 0.717) is 0 Å². The van der Waals surface area contributed by atoms with E-state index in [2.05, 4.69) is 29.4 Å². The Hall–Kier alpha value is -0.650. The summed E-state index contributed by atoms with van der Waals surface area (Å²) in [6.45, 7) is 7.87. The fourth-order valence-corrected chi connectivity index (χ4v) is 3.09. The van der Waals surface area contributed by atoms with E-state index < -0.39 is 0 Å². The van der Waals surface area contributed by atoms with Crippen LogP contribution in [0.1, 0.15) is 32.4 Å². The van der Waals surface area contributed by atoms with E-state index in [0.717, 1.165) is 37.4 Å². The van der Waals surface area contributed by atoms with Crippen LogP contribution in [-0.4, -0.2) is 36.3 Å². The van der Waals surface area contributed by atoms with Crippen LogP contribution in [0.3, 0.4) is 0 Å². The van der Waals surface area contributed by atoms with E-state index in [1.54, 1.807) is 11.3 Å². The van der Waals surface area contributed by atoms with Crippen molar-refractivity contribution in [3.05, 3.63) is 11.1 Å². The molecule has 3 rings (SSSR count). The molecule has 0 spiro atoms. The zero-order chi connectivity index (χ0) is 12.6. The molecule has 100 valence electrons. The van der Waals surface area contributed by atoms with Gasteiger partial charge in [0.1, 0.15) is 0 Å². The quantitative estimate of drug-likeness (QED) is 0.905. The molecular formula is C13H21N3OS. The first-order valence-electron chi connectivity index (χ1n) is 6.69. The predicted molar refractivity (Wildman–Crippen MR) is 74.2 cm³/mol. The van der Waals surface area contributed by atoms with Crippen LogP contribution in [0.4, 0.5) is 5.13 Å². The van der Waals surface area contributed by atoms with Crippen LogP contribution in [0.25, 0.3) is 0 Å². The van der Waals surface area contributed by atoms with E-state index in [4.69, 9.17) is 9.72 Å². The minimum absolute atomic E-state index is 0.0592. The summed E-state index contributed by atoms with van der Waals surface area (Å²) in [6, 6.07) is 0.748. The minimum Gasteiger partial charge on any atom is -0.372 e. The zero-order valence-electron chi connectivity index (χ0n) is 11.1. The SMILES string of the molecule is CC1(C)CN(c2nc(CNC3CC3)cs2)CCO1. The molecule has 0 amide bonds. The van der Waals surface area contributed by atoms with Crippen LogP contribution in [0.5, 0.6) is 0 Å². The average molecular weight is 267 g/mol. The largest absolute Gasteiger partial charge is 0.372 e. The Morgan fingerprint density at radius 1 is 1.56 bits per heavy atom. The highest BCUT2D eigenvalue weighted by atomic mass is 32.1. The standard InChI is InChI=1S/C13H21N3OS/c1-13(2)9-16(5-6-17-13)12-15-11(8-18-12)7-14-10-3-4-10/h8,10,14H,3-7,9H2,1-2H3. The molecule has 1 aromatic rings. The molecule has 0 aromatic carbocycles. The molecule has 0 unspecified atom stereocenters. The minimum atomic E-state index is -0.0592. The van der Waals surface area contributed by atoms with E-state index >= 15 is 0 Å². The number of nitrogens with one attached hydrogen (secondary N) is 1. The lowest BCUT2D eigenvalue weighted by molar-refractivity contribution is -0.0277. The second kappa shape index (κ2) is 4.79. The normalized spacial score (nSPS) is 23.3. The number of rotatable bonds is 4. The van der Waals surface area contributed by atoms with Crippen LogP contribution in [0.15, 0.2) is 5.38 Å². The maximum atomic E-state index is 5.73. The van der Waals surface area contributed by atoms with E-state index in [-0.39, 0.29) is 5.60 Å². The third-order valence-electron chi connectivity index (χ3n) is 3.38. The molecule has 2 fully saturated rings. The first-order chi connectivity index (χ1) is 8.62. The summed E-state index contributed by atoms with van der Waals surface area (Å²) < 4.78 is 5.73. The van der Waals surface area contributed by atoms with Gasteiger partial charge in [0.15, 0.2) is 5.13 Å². The molecule has 1 saturated carbocycles. The van der Waals surface area contributed by atoms with Crippen molar-refractivity contribution < 1.29 is 4.74 Å². The van der Waals surface area contributed by atoms with E-state index in [1.807, 2.05) is 0 Å². The highest BCUT2D eigenvalue weighted by molar-refractivity contribution is 7.13. The van der Waals surface area contributed by atoms with Gasteiger partial charge in [-0.05, 0) is 26.7 Å². The van der Waals surface area contributed by atoms with Crippen molar-refractivity contribution in [1.29, 1.82) is 0 Å². The van der Waals surface area contributed by atoms with Crippen molar-refractivity contribution in [3.63, 3.8) is 0 Å². The number of nitrogens with zero attached hydrogens (tertiary/aromatic N) is 2. The van der Waals surface area contributed by atoms with Crippen LogP contribution in [0, 0.1) is 0 Å². The Kier molecular flexibility index (Phi) is 3.30. The monoisotopic (exact) mass is 267 g/mol. The van der Waals surface area contributed by atoms with Gasteiger partial charge < -0.3 is 15.0 Å². The van der Waals surface area contributed by atoms with E-state index in [1.165, 1.54) is 18.5 Å². The van der Waals surface area contributed by atoms with Gasteiger partial charge in [-0.15, -0.1) is 11.3 Å². The Bertz CT molecular complexity index is 414. The number of aromatic nitrogens is 1. The second-order valence-electron chi connectivity index (χ2n) is 5.81. The predicted octanol–water partition coefficient (Wildman–Crippen LogP) is 2.01. The highest BCUT2D eigenvalue weighted by Gasteiger charge is 2.28. The molecule has 0 radical (unpaired) electrons. The van der Waals surface area contributed by atoms with Gasteiger partial charge in [-0.2, -0.15) is 0 Å². The smallest absolute Gasteiger partial charge is 0.185 e. The molecule has 1 aliphatic heterocycles. The lowest BCUT2D eigenvalue weighted by atomic mass is 10.1. The van der Waals surface area contributed by atoms with Crippen molar-refractivity contribution in [2.75, 3.05) is 24.6 Å². The number of hydrogen-bond donors (Lipinski definition) is 1. The Morgan fingerprint density at radius 3 is 3.11 bits per heavy atom. The molecule has 2 heterocycles. The average Bonchev–Trinajstić information content (AvgIpc) is 3.02. The summed E-state index contributed by atoms with van der Waals surface area (Å²) in [7, 11) is 0. The van der Waals surface area contributed by atoms with E-state index in [9.17, 15) is 0 Å². The first-order valence-corrected chi connectivity index (χ1v) is 7.57. The van der Waals surface area contributed by atoms with Gasteiger partial charge in [0.2, 0.25) is 0 Å². The van der Waals surface area contributed by atoms with Crippen LogP contribution in [-0.2, 0) is 11.3 Å². The fourth-order valence-electron chi connectivity index (χ4n) is 2.24. The van der Waals surface area contributed by atoms with Gasteiger partial charge in [0.05, 0.1) is 17.9 Å². The maximum Gasteiger partial charge on any atom is 0.185 e. The summed E-state index contributed by atoms with van der Waals surface area (Å²) in [6.07, 6.45) is 2.66. The van der Waals surface area contributed by atoms with Crippen LogP contribution < -0.4 is 10.2 Å². The van der Waals surface area contributed by atoms with Crippen LogP contribution >= 0.6 is 11.3 Å². The Morgan fingerprint density at radius 2 is 2.39 bits per heavy atom. The number of hydrogen-bond acceptors (Lipinski definition) is 5. The van der Waals surface area contributed by atoms with Gasteiger partial charge in [0, 0.05) is 31.1 Å². The van der Waals surface area contributed by atoms with Crippen molar-refractivity contribution in [3.8, 4) is 0 Å². The van der Waals surface area contributed by atoms with Crippen LogP contribution in [0.2, 0.25) is 0 Å². The topological polar surface area (TPSA) is 37.4 Å². The lowest BCUT2D eigenvalue weighted by Gasteiger charge is -2.37. The summed E-state index contributed by atoms with van der Waals surface area (Å²) >= 11 is 1.75. The molecule has 5 heteroatoms. The molecule has 4 nitrogen and oxygen atoms in total. The van der Waals surface area contributed by atoms with Crippen molar-refractivity contribution in [2.45, 2.75) is 44.9 Å². The third kappa shape index (κ3) is 3.02. The lowest BCUT2D eigenvalue weighted by Crippen LogP contribution is -2.48.